The summed E-state index contributed by atoms with van der Waals surface area (Å²) in [5.74, 6) is 4.08. The van der Waals surface area contributed by atoms with E-state index < -0.39 is 0 Å². The van der Waals surface area contributed by atoms with Crippen molar-refractivity contribution in [1.29, 1.82) is 0 Å². The Morgan fingerprint density at radius 2 is 1.00 bits per heavy atom. The minimum atomic E-state index is -0.107. The lowest BCUT2D eigenvalue weighted by molar-refractivity contribution is -0.0390. The first-order chi connectivity index (χ1) is 9.85. The van der Waals surface area contributed by atoms with Crippen LogP contribution >= 0.6 is 0 Å². The zero-order valence-electron chi connectivity index (χ0n) is 14.6. The summed E-state index contributed by atoms with van der Waals surface area (Å²) >= 11 is 0. The third-order valence-electron chi connectivity index (χ3n) is 6.71. The van der Waals surface area contributed by atoms with Gasteiger partial charge < -0.3 is 10.2 Å². The van der Waals surface area contributed by atoms with Crippen molar-refractivity contribution >= 4 is 0 Å². The molecule has 2 fully saturated rings. The Hall–Kier alpha value is -0.0800. The van der Waals surface area contributed by atoms with Crippen LogP contribution in [0.2, 0.25) is 0 Å². The van der Waals surface area contributed by atoms with Crippen LogP contribution in [0.15, 0.2) is 0 Å². The molecule has 0 radical (unpaired) electrons. The van der Waals surface area contributed by atoms with Gasteiger partial charge in [-0.1, -0.05) is 41.0 Å². The zero-order valence-corrected chi connectivity index (χ0v) is 14.6. The fraction of sp³-hybridized carbons (Fsp3) is 1.00. The highest BCUT2D eigenvalue weighted by Gasteiger charge is 2.41. The molecule has 0 aliphatic heterocycles. The molecule has 124 valence electrons. The highest BCUT2D eigenvalue weighted by atomic mass is 16.3. The second-order valence-electron chi connectivity index (χ2n) is 8.43. The van der Waals surface area contributed by atoms with Crippen molar-refractivity contribution in [3.05, 3.63) is 0 Å². The number of hydrogen-bond donors (Lipinski definition) is 2. The molecule has 2 rings (SSSR count). The van der Waals surface area contributed by atoms with Crippen molar-refractivity contribution in [2.45, 2.75) is 78.9 Å². The largest absolute Gasteiger partial charge is 0.393 e. The summed E-state index contributed by atoms with van der Waals surface area (Å²) in [6, 6.07) is 0. The van der Waals surface area contributed by atoms with Crippen LogP contribution in [-0.2, 0) is 0 Å². The van der Waals surface area contributed by atoms with E-state index in [1.807, 2.05) is 0 Å². The molecule has 0 amide bonds. The number of rotatable bonds is 3. The summed E-state index contributed by atoms with van der Waals surface area (Å²) in [6.45, 7) is 11.2. The van der Waals surface area contributed by atoms with E-state index in [0.717, 1.165) is 17.8 Å². The predicted octanol–water partition coefficient (Wildman–Crippen LogP) is 4.10. The van der Waals surface area contributed by atoms with Crippen LogP contribution in [-0.4, -0.2) is 22.4 Å². The third-order valence-corrected chi connectivity index (χ3v) is 6.71. The summed E-state index contributed by atoms with van der Waals surface area (Å²) in [5.41, 5.74) is 0. The smallest absolute Gasteiger partial charge is 0.0591 e. The van der Waals surface area contributed by atoms with Crippen molar-refractivity contribution in [3.63, 3.8) is 0 Å². The molecule has 2 aliphatic rings. The highest BCUT2D eigenvalue weighted by molar-refractivity contribution is 4.91. The van der Waals surface area contributed by atoms with Crippen LogP contribution < -0.4 is 0 Å². The van der Waals surface area contributed by atoms with E-state index >= 15 is 0 Å². The topological polar surface area (TPSA) is 40.5 Å². The molecular weight excluding hydrogens is 260 g/mol. The number of hydrogen-bond acceptors (Lipinski definition) is 2. The van der Waals surface area contributed by atoms with Gasteiger partial charge >= 0.3 is 0 Å². The van der Waals surface area contributed by atoms with E-state index in [-0.39, 0.29) is 12.2 Å². The van der Waals surface area contributed by atoms with Crippen molar-refractivity contribution in [1.82, 2.24) is 0 Å². The molecule has 2 saturated carbocycles. The minimum absolute atomic E-state index is 0.107. The molecule has 0 aromatic carbocycles. The molecule has 0 saturated heterocycles. The maximum absolute atomic E-state index is 10.2. The van der Waals surface area contributed by atoms with Gasteiger partial charge in [0, 0.05) is 0 Å². The van der Waals surface area contributed by atoms with Crippen molar-refractivity contribution in [2.24, 2.45) is 41.4 Å². The van der Waals surface area contributed by atoms with Crippen molar-refractivity contribution in [3.8, 4) is 0 Å². The molecule has 0 spiro atoms. The monoisotopic (exact) mass is 296 g/mol. The molecule has 0 heterocycles. The Morgan fingerprint density at radius 1 is 0.714 bits per heavy atom. The van der Waals surface area contributed by atoms with Gasteiger partial charge in [0.25, 0.3) is 0 Å². The molecule has 2 N–H and O–H groups in total. The first-order valence-electron chi connectivity index (χ1n) is 9.21. The molecule has 0 aromatic heterocycles. The van der Waals surface area contributed by atoms with E-state index in [1.54, 1.807) is 0 Å². The Kier molecular flexibility index (Phi) is 5.76. The Balaban J connectivity index is 2.06. The summed E-state index contributed by atoms with van der Waals surface area (Å²) in [5, 5.41) is 20.4. The SMILES string of the molecule is CCC(C1CC(C)C(O)C(C)C1)C1CC(C)C(O)C(C)C1. The van der Waals surface area contributed by atoms with E-state index in [9.17, 15) is 10.2 Å². The number of aliphatic hydroxyl groups excluding tert-OH is 2. The average Bonchev–Trinajstić information content (AvgIpc) is 2.42. The molecular formula is C19H36O2. The predicted molar refractivity (Wildman–Crippen MR) is 87.9 cm³/mol. The second-order valence-corrected chi connectivity index (χ2v) is 8.43. The van der Waals surface area contributed by atoms with Gasteiger partial charge in [-0.05, 0) is 67.1 Å². The first kappa shape index (κ1) is 17.3. The summed E-state index contributed by atoms with van der Waals surface area (Å²) in [7, 11) is 0. The van der Waals surface area contributed by atoms with Gasteiger partial charge in [0.05, 0.1) is 12.2 Å². The van der Waals surface area contributed by atoms with Crippen LogP contribution in [0.25, 0.3) is 0 Å². The Bertz CT molecular complexity index is 276. The van der Waals surface area contributed by atoms with Crippen molar-refractivity contribution < 1.29 is 10.2 Å². The lowest BCUT2D eigenvalue weighted by Crippen LogP contribution is -2.42. The molecule has 4 atom stereocenters. The Morgan fingerprint density at radius 3 is 1.24 bits per heavy atom. The fourth-order valence-electron chi connectivity index (χ4n) is 5.53. The van der Waals surface area contributed by atoms with Crippen LogP contribution in [0, 0.1) is 41.4 Å². The molecule has 0 bridgehead atoms. The summed E-state index contributed by atoms with van der Waals surface area (Å²) in [6.07, 6.45) is 5.78. The maximum atomic E-state index is 10.2. The average molecular weight is 296 g/mol. The molecule has 2 nitrogen and oxygen atoms in total. The van der Waals surface area contributed by atoms with Gasteiger partial charge in [0.1, 0.15) is 0 Å². The number of aliphatic hydroxyl groups is 2. The third kappa shape index (κ3) is 3.64. The standard InChI is InChI=1S/C19H36O2/c1-6-17(15-7-11(2)18(20)12(3)8-15)16-9-13(4)19(21)14(5)10-16/h11-21H,6-10H2,1-5H3. The van der Waals surface area contributed by atoms with Crippen molar-refractivity contribution in [2.75, 3.05) is 0 Å². The molecule has 2 heteroatoms. The van der Waals surface area contributed by atoms with Crippen LogP contribution in [0.5, 0.6) is 0 Å². The lowest BCUT2D eigenvalue weighted by atomic mass is 9.61. The van der Waals surface area contributed by atoms with Crippen LogP contribution in [0.4, 0.5) is 0 Å². The van der Waals surface area contributed by atoms with Gasteiger partial charge in [-0.2, -0.15) is 0 Å². The van der Waals surface area contributed by atoms with Crippen LogP contribution in [0.3, 0.4) is 0 Å². The van der Waals surface area contributed by atoms with E-state index in [1.165, 1.54) is 32.1 Å². The second kappa shape index (κ2) is 7.00. The van der Waals surface area contributed by atoms with Gasteiger partial charge in [-0.3, -0.25) is 0 Å². The van der Waals surface area contributed by atoms with Gasteiger partial charge in [-0.25, -0.2) is 0 Å². The van der Waals surface area contributed by atoms with Crippen LogP contribution in [0.1, 0.15) is 66.7 Å². The molecule has 0 aromatic rings. The molecule has 4 unspecified atom stereocenters. The van der Waals surface area contributed by atoms with Gasteiger partial charge in [0.2, 0.25) is 0 Å². The van der Waals surface area contributed by atoms with E-state index in [2.05, 4.69) is 34.6 Å². The van der Waals surface area contributed by atoms with Gasteiger partial charge in [0.15, 0.2) is 0 Å². The molecule has 2 aliphatic carbocycles. The lowest BCUT2D eigenvalue weighted by Gasteiger charge is -2.46. The fourth-order valence-corrected chi connectivity index (χ4v) is 5.53. The minimum Gasteiger partial charge on any atom is -0.393 e. The normalized spacial score (nSPS) is 49.9. The van der Waals surface area contributed by atoms with E-state index in [4.69, 9.17) is 0 Å². The zero-order chi connectivity index (χ0) is 15.7. The maximum Gasteiger partial charge on any atom is 0.0591 e. The summed E-state index contributed by atoms with van der Waals surface area (Å²) < 4.78 is 0. The first-order valence-corrected chi connectivity index (χ1v) is 9.21. The van der Waals surface area contributed by atoms with Gasteiger partial charge in [-0.15, -0.1) is 0 Å². The molecule has 21 heavy (non-hydrogen) atoms. The quantitative estimate of drug-likeness (QED) is 0.823. The summed E-state index contributed by atoms with van der Waals surface area (Å²) in [4.78, 5) is 0. The van der Waals surface area contributed by atoms with E-state index in [0.29, 0.717) is 23.7 Å². The highest BCUT2D eigenvalue weighted by Crippen LogP contribution is 2.46. The Labute approximate surface area is 131 Å².